The van der Waals surface area contributed by atoms with E-state index in [0.717, 1.165) is 23.8 Å². The van der Waals surface area contributed by atoms with Gasteiger partial charge in [0.15, 0.2) is 23.3 Å². The number of alkyl halides is 1. The Labute approximate surface area is 124 Å². The van der Waals surface area contributed by atoms with Gasteiger partial charge in [0.25, 0.3) is 5.56 Å². The van der Waals surface area contributed by atoms with Gasteiger partial charge >= 0.3 is 5.69 Å². The van der Waals surface area contributed by atoms with E-state index < -0.39 is 47.2 Å². The van der Waals surface area contributed by atoms with Gasteiger partial charge in [-0.15, -0.1) is 0 Å². The Morgan fingerprint density at radius 3 is 2.68 bits per heavy atom. The van der Waals surface area contributed by atoms with Crippen molar-refractivity contribution in [2.75, 3.05) is 6.61 Å². The number of rotatable bonds is 4. The van der Waals surface area contributed by atoms with Crippen LogP contribution in [0.3, 0.4) is 0 Å². The van der Waals surface area contributed by atoms with Gasteiger partial charge in [-0.1, -0.05) is 6.92 Å². The molecular formula is C13H17FN2O6. The van der Waals surface area contributed by atoms with Crippen LogP contribution in [0.1, 0.15) is 26.5 Å². The van der Waals surface area contributed by atoms with Gasteiger partial charge < -0.3 is 14.9 Å². The lowest BCUT2D eigenvalue weighted by molar-refractivity contribution is -0.158. The van der Waals surface area contributed by atoms with Gasteiger partial charge in [0.2, 0.25) is 0 Å². The van der Waals surface area contributed by atoms with Crippen LogP contribution >= 0.6 is 0 Å². The largest absolute Gasteiger partial charge is 0.394 e. The number of aromatic nitrogens is 2. The van der Waals surface area contributed by atoms with Gasteiger partial charge in [0, 0.05) is 18.7 Å². The molecular weight excluding hydrogens is 299 g/mol. The van der Waals surface area contributed by atoms with Crippen molar-refractivity contribution < 1.29 is 24.1 Å². The maximum Gasteiger partial charge on any atom is 0.330 e. The van der Waals surface area contributed by atoms with Crippen LogP contribution in [-0.2, 0) is 9.53 Å². The molecule has 1 aromatic heterocycles. The fraction of sp³-hybridized carbons (Fsp3) is 0.615. The van der Waals surface area contributed by atoms with E-state index >= 15 is 4.39 Å². The first kappa shape index (κ1) is 16.5. The van der Waals surface area contributed by atoms with Crippen LogP contribution in [0.2, 0.25) is 0 Å². The number of ether oxygens (including phenoxy) is 1. The average Bonchev–Trinajstić information content (AvgIpc) is 2.67. The lowest BCUT2D eigenvalue weighted by Crippen LogP contribution is -2.60. The topological polar surface area (TPSA) is 122 Å². The van der Waals surface area contributed by atoms with E-state index in [0.29, 0.717) is 0 Å². The zero-order chi connectivity index (χ0) is 16.7. The summed E-state index contributed by atoms with van der Waals surface area (Å²) in [4.78, 5) is 36.8. The number of aliphatic hydroxyl groups is 2. The minimum Gasteiger partial charge on any atom is -0.394 e. The maximum absolute atomic E-state index is 15.2. The predicted octanol–water partition coefficient (Wildman–Crippen LogP) is -1.14. The minimum absolute atomic E-state index is 0.177. The van der Waals surface area contributed by atoms with E-state index in [4.69, 9.17) is 4.74 Å². The number of aliphatic hydroxyl groups excluding tert-OH is 1. The second-order valence-electron chi connectivity index (χ2n) is 5.30. The van der Waals surface area contributed by atoms with Crippen molar-refractivity contribution in [2.24, 2.45) is 0 Å². The van der Waals surface area contributed by atoms with Gasteiger partial charge in [0.05, 0.1) is 6.61 Å². The molecule has 4 atom stereocenters. The summed E-state index contributed by atoms with van der Waals surface area (Å²) in [5.41, 5.74) is -6.92. The summed E-state index contributed by atoms with van der Waals surface area (Å²) >= 11 is 0. The fourth-order valence-electron chi connectivity index (χ4n) is 2.72. The quantitative estimate of drug-likeness (QED) is 0.646. The molecule has 0 amide bonds. The lowest BCUT2D eigenvalue weighted by atomic mass is 9.78. The van der Waals surface area contributed by atoms with Crippen molar-refractivity contribution >= 4 is 5.78 Å². The molecule has 2 heterocycles. The van der Waals surface area contributed by atoms with Crippen LogP contribution in [0.15, 0.2) is 21.9 Å². The van der Waals surface area contributed by atoms with Crippen LogP contribution in [0.4, 0.5) is 4.39 Å². The van der Waals surface area contributed by atoms with Crippen molar-refractivity contribution in [1.82, 2.24) is 9.55 Å². The van der Waals surface area contributed by atoms with Crippen LogP contribution in [-0.4, -0.2) is 49.5 Å². The third-order valence-electron chi connectivity index (χ3n) is 3.98. The van der Waals surface area contributed by atoms with E-state index in [1.165, 1.54) is 6.92 Å². The summed E-state index contributed by atoms with van der Waals surface area (Å²) in [6, 6.07) is 0.980. The Morgan fingerprint density at radius 1 is 1.55 bits per heavy atom. The van der Waals surface area contributed by atoms with Crippen LogP contribution in [0.25, 0.3) is 0 Å². The molecule has 3 N–H and O–H groups in total. The van der Waals surface area contributed by atoms with Crippen LogP contribution < -0.4 is 11.2 Å². The first-order valence-corrected chi connectivity index (χ1v) is 6.72. The molecule has 1 aromatic rings. The predicted molar refractivity (Wildman–Crippen MR) is 72.1 cm³/mol. The molecule has 0 unspecified atom stereocenters. The number of H-pyrrole nitrogens is 1. The third kappa shape index (κ3) is 2.13. The van der Waals surface area contributed by atoms with E-state index in [-0.39, 0.29) is 6.42 Å². The summed E-state index contributed by atoms with van der Waals surface area (Å²) < 4.78 is 21.1. The molecule has 0 bridgehead atoms. The second-order valence-corrected chi connectivity index (χ2v) is 5.30. The Bertz CT molecular complexity index is 696. The normalized spacial score (nSPS) is 34.8. The van der Waals surface area contributed by atoms with Crippen LogP contribution in [0, 0.1) is 0 Å². The van der Waals surface area contributed by atoms with Gasteiger partial charge in [-0.05, 0) is 6.92 Å². The Kier molecular flexibility index (Phi) is 4.07. The summed E-state index contributed by atoms with van der Waals surface area (Å²) in [7, 11) is 0. The Hall–Kier alpha value is -1.84. The second kappa shape index (κ2) is 5.41. The highest BCUT2D eigenvalue weighted by Crippen LogP contribution is 2.48. The summed E-state index contributed by atoms with van der Waals surface area (Å²) in [5, 5.41) is 19.8. The molecule has 1 aliphatic heterocycles. The highest BCUT2D eigenvalue weighted by Gasteiger charge is 2.68. The van der Waals surface area contributed by atoms with Gasteiger partial charge in [-0.3, -0.25) is 19.1 Å². The maximum atomic E-state index is 15.2. The van der Waals surface area contributed by atoms with Gasteiger partial charge in [-0.2, -0.15) is 0 Å². The molecule has 0 radical (unpaired) electrons. The number of nitrogens with zero attached hydrogens (tertiary/aromatic N) is 1. The van der Waals surface area contributed by atoms with Gasteiger partial charge in [0.1, 0.15) is 6.10 Å². The molecule has 0 aromatic carbocycles. The number of halogens is 1. The highest BCUT2D eigenvalue weighted by molar-refractivity contribution is 5.89. The van der Waals surface area contributed by atoms with E-state index in [1.54, 1.807) is 0 Å². The number of hydrogen-bond donors (Lipinski definition) is 3. The number of Topliss-reactive ketones (excluding diaryl/α,β-unsaturated/α-hetero) is 1. The SMILES string of the molecule is CCC(=O)[C@@]1(O)[C@@H](CO)O[C@@H](n2ccc(=O)[nH]c2=O)[C@]1(C)F. The zero-order valence-electron chi connectivity index (χ0n) is 12.1. The number of ketones is 1. The average molecular weight is 316 g/mol. The molecule has 122 valence electrons. The fourth-order valence-corrected chi connectivity index (χ4v) is 2.72. The minimum atomic E-state index is -2.68. The number of carbonyl (C=O) groups is 1. The molecule has 0 spiro atoms. The smallest absolute Gasteiger partial charge is 0.330 e. The zero-order valence-corrected chi connectivity index (χ0v) is 12.1. The first-order valence-electron chi connectivity index (χ1n) is 6.72. The lowest BCUT2D eigenvalue weighted by Gasteiger charge is -2.34. The van der Waals surface area contributed by atoms with Crippen molar-refractivity contribution in [3.63, 3.8) is 0 Å². The van der Waals surface area contributed by atoms with Gasteiger partial charge in [-0.25, -0.2) is 9.18 Å². The van der Waals surface area contributed by atoms with E-state index in [1.807, 2.05) is 4.98 Å². The number of hydrogen-bond acceptors (Lipinski definition) is 6. The van der Waals surface area contributed by atoms with Crippen molar-refractivity contribution in [1.29, 1.82) is 0 Å². The highest BCUT2D eigenvalue weighted by atomic mass is 19.1. The standard InChI is InChI=1S/C13H17FN2O6/c1-3-7(18)13(21)8(6-17)22-10(12(13,2)14)16-5-4-9(19)15-11(16)20/h4-5,8,10,17,21H,3,6H2,1-2H3,(H,15,19,20)/t8-,10-,12+,13-/m1/s1. The molecule has 1 fully saturated rings. The molecule has 22 heavy (non-hydrogen) atoms. The Morgan fingerprint density at radius 2 is 2.18 bits per heavy atom. The summed E-state index contributed by atoms with van der Waals surface area (Å²) in [5.74, 6) is -0.850. The third-order valence-corrected chi connectivity index (χ3v) is 3.98. The van der Waals surface area contributed by atoms with Crippen molar-refractivity contribution in [3.8, 4) is 0 Å². The van der Waals surface area contributed by atoms with Crippen molar-refractivity contribution in [2.45, 2.75) is 43.9 Å². The molecule has 1 saturated heterocycles. The number of nitrogens with one attached hydrogen (secondary N) is 1. The van der Waals surface area contributed by atoms with Crippen molar-refractivity contribution in [3.05, 3.63) is 33.1 Å². The monoisotopic (exact) mass is 316 g/mol. The molecule has 0 saturated carbocycles. The summed E-state index contributed by atoms with van der Waals surface area (Å²) in [6.07, 6.45) is -2.38. The molecule has 8 nitrogen and oxygen atoms in total. The molecule has 2 rings (SSSR count). The molecule has 0 aliphatic carbocycles. The summed E-state index contributed by atoms with van der Waals surface area (Å²) in [6.45, 7) is 1.54. The molecule has 1 aliphatic rings. The van der Waals surface area contributed by atoms with E-state index in [9.17, 15) is 24.6 Å². The van der Waals surface area contributed by atoms with Crippen LogP contribution in [0.5, 0.6) is 0 Å². The number of aromatic amines is 1. The van der Waals surface area contributed by atoms with E-state index in [2.05, 4.69) is 0 Å². The Balaban J connectivity index is 2.58. The molecule has 9 heteroatoms. The first-order chi connectivity index (χ1) is 10.2. The number of carbonyl (C=O) groups excluding carboxylic acids is 1.